The first kappa shape index (κ1) is 18.5. The van der Waals surface area contributed by atoms with Crippen LogP contribution in [0.5, 0.6) is 0 Å². The van der Waals surface area contributed by atoms with Gasteiger partial charge in [0, 0.05) is 29.3 Å². The maximum Gasteiger partial charge on any atom is 0.254 e. The van der Waals surface area contributed by atoms with Crippen molar-refractivity contribution in [2.24, 2.45) is 5.92 Å². The molecule has 5 rings (SSSR count). The van der Waals surface area contributed by atoms with Crippen molar-refractivity contribution in [1.82, 2.24) is 14.9 Å². The number of carbonyl (C=O) groups excluding carboxylic acids is 1. The number of fused-ring (bicyclic) bond motifs is 3. The summed E-state index contributed by atoms with van der Waals surface area (Å²) in [5.74, 6) is 1.02. The van der Waals surface area contributed by atoms with Crippen LogP contribution in [0.2, 0.25) is 0 Å². The number of nitriles is 1. The van der Waals surface area contributed by atoms with Crippen LogP contribution < -0.4 is 5.73 Å². The lowest BCUT2D eigenvalue weighted by Gasteiger charge is -2.23. The van der Waals surface area contributed by atoms with E-state index in [0.29, 0.717) is 49.2 Å². The van der Waals surface area contributed by atoms with Gasteiger partial charge in [0.05, 0.1) is 36.5 Å². The molecule has 30 heavy (non-hydrogen) atoms. The predicted molar refractivity (Wildman–Crippen MR) is 111 cm³/mol. The summed E-state index contributed by atoms with van der Waals surface area (Å²) in [5.41, 5.74) is 10.7. The molecule has 2 aromatic heterocycles. The predicted octanol–water partition coefficient (Wildman–Crippen LogP) is 3.17. The summed E-state index contributed by atoms with van der Waals surface area (Å²) in [5, 5.41) is 9.89. The molecule has 3 heterocycles. The molecule has 0 saturated heterocycles. The number of rotatable bonds is 5. The minimum Gasteiger partial charge on any atom is -0.383 e. The quantitative estimate of drug-likeness (QED) is 0.706. The van der Waals surface area contributed by atoms with Gasteiger partial charge in [-0.25, -0.2) is 4.98 Å². The molecular weight excluding hydrogens is 378 g/mol. The normalized spacial score (nSPS) is 15.0. The van der Waals surface area contributed by atoms with Crippen LogP contribution in [0.25, 0.3) is 10.9 Å². The molecule has 0 spiro atoms. The fourth-order valence-electron chi connectivity index (χ4n) is 3.90. The number of nitrogens with two attached hydrogens (primary N) is 1. The maximum atomic E-state index is 13.4. The molecule has 1 amide bonds. The maximum absolute atomic E-state index is 13.4. The number of carbonyl (C=O) groups is 1. The Balaban J connectivity index is 1.47. The van der Waals surface area contributed by atoms with E-state index in [1.807, 2.05) is 29.2 Å². The Morgan fingerprint density at radius 1 is 1.23 bits per heavy atom. The molecule has 1 aliphatic carbocycles. The van der Waals surface area contributed by atoms with Crippen molar-refractivity contribution in [2.45, 2.75) is 32.6 Å². The van der Waals surface area contributed by atoms with Gasteiger partial charge >= 0.3 is 0 Å². The molecule has 3 aromatic rings. The van der Waals surface area contributed by atoms with Crippen molar-refractivity contribution in [3.63, 3.8) is 0 Å². The largest absolute Gasteiger partial charge is 0.383 e. The highest BCUT2D eigenvalue weighted by atomic mass is 16.5. The van der Waals surface area contributed by atoms with Gasteiger partial charge < -0.3 is 15.4 Å². The number of pyridine rings is 2. The number of amides is 1. The number of hydrogen-bond acceptors (Lipinski definition) is 6. The zero-order chi connectivity index (χ0) is 20.7. The molecule has 2 N–H and O–H groups in total. The minimum absolute atomic E-state index is 0.0283. The van der Waals surface area contributed by atoms with E-state index in [1.54, 1.807) is 12.3 Å². The van der Waals surface area contributed by atoms with Crippen LogP contribution in [-0.2, 0) is 24.5 Å². The van der Waals surface area contributed by atoms with E-state index in [9.17, 15) is 4.79 Å². The van der Waals surface area contributed by atoms with E-state index in [-0.39, 0.29) is 5.91 Å². The van der Waals surface area contributed by atoms with E-state index in [2.05, 4.69) is 16.0 Å². The summed E-state index contributed by atoms with van der Waals surface area (Å²) >= 11 is 0. The van der Waals surface area contributed by atoms with Gasteiger partial charge in [-0.1, -0.05) is 0 Å². The van der Waals surface area contributed by atoms with Gasteiger partial charge in [-0.2, -0.15) is 5.26 Å². The number of benzene rings is 1. The molecule has 1 aliphatic heterocycles. The number of hydrogen-bond donors (Lipinski definition) is 1. The Morgan fingerprint density at radius 3 is 2.80 bits per heavy atom. The van der Waals surface area contributed by atoms with Crippen LogP contribution in [-0.4, -0.2) is 27.3 Å². The third-order valence-electron chi connectivity index (χ3n) is 5.75. The summed E-state index contributed by atoms with van der Waals surface area (Å²) in [7, 11) is 0. The highest BCUT2D eigenvalue weighted by Gasteiger charge is 2.28. The monoisotopic (exact) mass is 399 g/mol. The van der Waals surface area contributed by atoms with Crippen molar-refractivity contribution < 1.29 is 9.53 Å². The molecule has 1 fully saturated rings. The van der Waals surface area contributed by atoms with Crippen molar-refractivity contribution in [3.05, 3.63) is 64.5 Å². The second kappa shape index (κ2) is 7.39. The van der Waals surface area contributed by atoms with E-state index in [4.69, 9.17) is 15.7 Å². The number of ether oxygens (including phenoxy) is 1. The van der Waals surface area contributed by atoms with E-state index < -0.39 is 0 Å². The Bertz CT molecular complexity index is 1180. The highest BCUT2D eigenvalue weighted by molar-refractivity contribution is 5.99. The Hall–Kier alpha value is -3.50. The van der Waals surface area contributed by atoms with Crippen LogP contribution in [0.4, 0.5) is 5.82 Å². The molecule has 150 valence electrons. The Labute approximate surface area is 174 Å². The van der Waals surface area contributed by atoms with Crippen LogP contribution in [0.3, 0.4) is 0 Å². The highest BCUT2D eigenvalue weighted by Crippen LogP contribution is 2.33. The number of nitrogens with zero attached hydrogens (tertiary/aromatic N) is 4. The molecule has 7 heteroatoms. The lowest BCUT2D eigenvalue weighted by molar-refractivity contribution is 0.0733. The summed E-state index contributed by atoms with van der Waals surface area (Å²) < 4.78 is 5.56. The molecule has 0 atom stereocenters. The van der Waals surface area contributed by atoms with Crippen molar-refractivity contribution >= 4 is 22.6 Å². The summed E-state index contributed by atoms with van der Waals surface area (Å²) in [4.78, 5) is 24.1. The fraction of sp³-hybridized carbons (Fsp3) is 0.304. The van der Waals surface area contributed by atoms with Crippen LogP contribution in [0.1, 0.15) is 45.6 Å². The van der Waals surface area contributed by atoms with Crippen LogP contribution in [0.15, 0.2) is 36.5 Å². The number of aromatic nitrogens is 2. The van der Waals surface area contributed by atoms with E-state index >= 15 is 0 Å². The van der Waals surface area contributed by atoms with Gasteiger partial charge in [-0.15, -0.1) is 0 Å². The third kappa shape index (κ3) is 3.46. The van der Waals surface area contributed by atoms with Crippen molar-refractivity contribution in [2.75, 3.05) is 12.3 Å². The first-order valence-electron chi connectivity index (χ1n) is 10.1. The zero-order valence-corrected chi connectivity index (χ0v) is 16.5. The lowest BCUT2D eigenvalue weighted by Crippen LogP contribution is -2.32. The molecule has 1 aromatic carbocycles. The molecule has 0 bridgehead atoms. The second-order valence-corrected chi connectivity index (χ2v) is 7.96. The van der Waals surface area contributed by atoms with Crippen LogP contribution in [0, 0.1) is 17.2 Å². The summed E-state index contributed by atoms with van der Waals surface area (Å²) in [6.07, 6.45) is 3.84. The van der Waals surface area contributed by atoms with Crippen molar-refractivity contribution in [1.29, 1.82) is 5.26 Å². The SMILES string of the molecule is N#Cc1ccc(CN(CC2CC2)C(=O)c2ccc3nc(N)c4c(c3c2)COC4)nc1. The Kier molecular flexibility index (Phi) is 4.57. The fourth-order valence-corrected chi connectivity index (χ4v) is 3.90. The van der Waals surface area contributed by atoms with Gasteiger partial charge in [0.1, 0.15) is 11.9 Å². The molecular formula is C23H21N5O2. The second-order valence-electron chi connectivity index (χ2n) is 7.96. The minimum atomic E-state index is -0.0283. The van der Waals surface area contributed by atoms with Gasteiger partial charge in [0.15, 0.2) is 0 Å². The first-order valence-corrected chi connectivity index (χ1v) is 10.1. The first-order chi connectivity index (χ1) is 14.6. The Morgan fingerprint density at radius 2 is 2.07 bits per heavy atom. The van der Waals surface area contributed by atoms with E-state index in [0.717, 1.165) is 40.6 Å². The van der Waals surface area contributed by atoms with Crippen molar-refractivity contribution in [3.8, 4) is 6.07 Å². The average Bonchev–Trinajstić information content (AvgIpc) is 3.44. The number of anilines is 1. The van der Waals surface area contributed by atoms with Crippen LogP contribution >= 0.6 is 0 Å². The van der Waals surface area contributed by atoms with Gasteiger partial charge in [-0.3, -0.25) is 9.78 Å². The third-order valence-corrected chi connectivity index (χ3v) is 5.75. The molecule has 7 nitrogen and oxygen atoms in total. The number of nitrogen functional groups attached to an aromatic ring is 1. The lowest BCUT2D eigenvalue weighted by atomic mass is 10.0. The molecule has 1 saturated carbocycles. The summed E-state index contributed by atoms with van der Waals surface area (Å²) in [6.45, 7) is 2.07. The van der Waals surface area contributed by atoms with Gasteiger partial charge in [0.2, 0.25) is 0 Å². The zero-order valence-electron chi connectivity index (χ0n) is 16.5. The molecule has 0 unspecified atom stereocenters. The average molecular weight is 399 g/mol. The summed E-state index contributed by atoms with van der Waals surface area (Å²) in [6, 6.07) is 11.2. The topological polar surface area (TPSA) is 105 Å². The van der Waals surface area contributed by atoms with E-state index in [1.165, 1.54) is 0 Å². The van der Waals surface area contributed by atoms with Gasteiger partial charge in [0.25, 0.3) is 5.91 Å². The molecule has 0 radical (unpaired) electrons. The standard InChI is InChI=1S/C23H21N5O2/c24-8-15-3-5-17(26-9-15)11-28(10-14-1-2-14)23(29)16-4-6-21-18(7-16)19-12-30-13-20(19)22(25)27-21/h3-7,9,14H,1-2,10-13H2,(H2,25,27). The van der Waals surface area contributed by atoms with Gasteiger partial charge in [-0.05, 0) is 54.7 Å². The molecule has 2 aliphatic rings. The smallest absolute Gasteiger partial charge is 0.254 e.